The Balaban J connectivity index is 1.71. The van der Waals surface area contributed by atoms with Gasteiger partial charge in [0.25, 0.3) is 11.5 Å². The Morgan fingerprint density at radius 3 is 2.59 bits per heavy atom. The van der Waals surface area contributed by atoms with Gasteiger partial charge in [-0.05, 0) is 36.8 Å². The number of fused-ring (bicyclic) bond motifs is 1. The van der Waals surface area contributed by atoms with E-state index in [0.29, 0.717) is 10.9 Å². The summed E-state index contributed by atoms with van der Waals surface area (Å²) in [6.45, 7) is 1.63. The number of carbonyl (C=O) groups is 1. The molecular formula is C20H21N5O2. The van der Waals surface area contributed by atoms with Gasteiger partial charge in [-0.2, -0.15) is 5.10 Å². The smallest absolute Gasteiger partial charge is 0.262 e. The minimum absolute atomic E-state index is 0.258. The van der Waals surface area contributed by atoms with Crippen LogP contribution in [0.5, 0.6) is 0 Å². The lowest BCUT2D eigenvalue weighted by Gasteiger charge is -2.13. The van der Waals surface area contributed by atoms with Crippen molar-refractivity contribution >= 4 is 28.7 Å². The van der Waals surface area contributed by atoms with Crippen LogP contribution in [0, 0.1) is 0 Å². The first-order valence-electron chi connectivity index (χ1n) is 8.53. The van der Waals surface area contributed by atoms with Gasteiger partial charge in [-0.15, -0.1) is 0 Å². The monoisotopic (exact) mass is 363 g/mol. The SMILES string of the molecule is C[C@@H](C(=O)N/N=C/c1ccc(N(C)C)cc1)n1cnc2ccccc2c1=O. The average molecular weight is 363 g/mol. The molecule has 2 aromatic carbocycles. The maximum atomic E-state index is 12.6. The molecule has 0 radical (unpaired) electrons. The summed E-state index contributed by atoms with van der Waals surface area (Å²) in [6.07, 6.45) is 2.95. The number of nitrogens with one attached hydrogen (secondary N) is 1. The fourth-order valence-corrected chi connectivity index (χ4v) is 2.61. The molecule has 1 aromatic heterocycles. The maximum absolute atomic E-state index is 12.6. The van der Waals surface area contributed by atoms with Crippen molar-refractivity contribution in [3.63, 3.8) is 0 Å². The van der Waals surface area contributed by atoms with Gasteiger partial charge in [0.2, 0.25) is 0 Å². The van der Waals surface area contributed by atoms with Crippen LogP contribution in [-0.2, 0) is 4.79 Å². The van der Waals surface area contributed by atoms with Crippen LogP contribution in [0.1, 0.15) is 18.5 Å². The molecule has 0 spiro atoms. The summed E-state index contributed by atoms with van der Waals surface area (Å²) >= 11 is 0. The fraction of sp³-hybridized carbons (Fsp3) is 0.200. The highest BCUT2D eigenvalue weighted by molar-refractivity contribution is 5.84. The number of aromatic nitrogens is 2. The van der Waals surface area contributed by atoms with Crippen LogP contribution in [0.2, 0.25) is 0 Å². The Labute approximate surface area is 157 Å². The summed E-state index contributed by atoms with van der Waals surface area (Å²) in [5.41, 5.74) is 4.76. The van der Waals surface area contributed by atoms with Crippen molar-refractivity contribution in [1.29, 1.82) is 0 Å². The Kier molecular flexibility index (Phi) is 5.30. The number of rotatable bonds is 5. The van der Waals surface area contributed by atoms with Crippen LogP contribution in [0.15, 0.2) is 64.8 Å². The maximum Gasteiger partial charge on any atom is 0.262 e. The molecule has 0 saturated heterocycles. The van der Waals surface area contributed by atoms with Crippen LogP contribution in [0.25, 0.3) is 10.9 Å². The van der Waals surface area contributed by atoms with Gasteiger partial charge in [-0.25, -0.2) is 10.4 Å². The molecule has 3 aromatic rings. The molecule has 27 heavy (non-hydrogen) atoms. The summed E-state index contributed by atoms with van der Waals surface area (Å²) in [6, 6.07) is 14.1. The van der Waals surface area contributed by atoms with Gasteiger partial charge in [-0.1, -0.05) is 24.3 Å². The summed E-state index contributed by atoms with van der Waals surface area (Å²) in [5.74, 6) is -0.393. The second-order valence-electron chi connectivity index (χ2n) is 6.37. The molecular weight excluding hydrogens is 342 g/mol. The van der Waals surface area contributed by atoms with Crippen LogP contribution in [0.3, 0.4) is 0 Å². The molecule has 1 heterocycles. The van der Waals surface area contributed by atoms with Crippen molar-refractivity contribution in [3.8, 4) is 0 Å². The van der Waals surface area contributed by atoms with E-state index in [-0.39, 0.29) is 5.56 Å². The van der Waals surface area contributed by atoms with E-state index in [2.05, 4.69) is 15.5 Å². The molecule has 0 fully saturated rings. The van der Waals surface area contributed by atoms with Crippen molar-refractivity contribution in [2.24, 2.45) is 5.10 Å². The number of hydrazone groups is 1. The van der Waals surface area contributed by atoms with Crippen LogP contribution >= 0.6 is 0 Å². The highest BCUT2D eigenvalue weighted by Gasteiger charge is 2.17. The molecule has 7 heteroatoms. The molecule has 3 rings (SSSR count). The number of para-hydroxylation sites is 1. The molecule has 0 bridgehead atoms. The minimum Gasteiger partial charge on any atom is -0.378 e. The predicted molar refractivity (Wildman–Crippen MR) is 107 cm³/mol. The molecule has 0 aliphatic rings. The zero-order valence-corrected chi connectivity index (χ0v) is 15.5. The predicted octanol–water partition coefficient (Wildman–Crippen LogP) is 2.17. The summed E-state index contributed by atoms with van der Waals surface area (Å²) in [7, 11) is 3.93. The second-order valence-corrected chi connectivity index (χ2v) is 6.37. The lowest BCUT2D eigenvalue weighted by molar-refractivity contribution is -0.123. The largest absolute Gasteiger partial charge is 0.378 e. The third-order valence-corrected chi connectivity index (χ3v) is 4.28. The standard InChI is InChI=1S/C20H21N5O2/c1-14(25-13-21-18-7-5-4-6-17(18)20(25)27)19(26)23-22-12-15-8-10-16(11-9-15)24(2)3/h4-14H,1-3H3,(H,23,26)/b22-12+/t14-/m0/s1. The molecule has 138 valence electrons. The van der Waals surface area contributed by atoms with E-state index >= 15 is 0 Å². The second kappa shape index (κ2) is 7.82. The molecule has 0 aliphatic carbocycles. The average Bonchev–Trinajstić information content (AvgIpc) is 2.68. The van der Waals surface area contributed by atoms with Gasteiger partial charge < -0.3 is 4.90 Å². The van der Waals surface area contributed by atoms with Gasteiger partial charge in [0.05, 0.1) is 23.4 Å². The molecule has 0 unspecified atom stereocenters. The topological polar surface area (TPSA) is 79.6 Å². The zero-order chi connectivity index (χ0) is 19.4. The molecule has 7 nitrogen and oxygen atoms in total. The van der Waals surface area contributed by atoms with Gasteiger partial charge in [0.15, 0.2) is 0 Å². The van der Waals surface area contributed by atoms with Crippen molar-refractivity contribution in [3.05, 3.63) is 70.8 Å². The van der Waals surface area contributed by atoms with E-state index < -0.39 is 11.9 Å². The van der Waals surface area contributed by atoms with E-state index in [1.807, 2.05) is 49.3 Å². The third-order valence-electron chi connectivity index (χ3n) is 4.28. The highest BCUT2D eigenvalue weighted by atomic mass is 16.2. The Hall–Kier alpha value is -3.48. The summed E-state index contributed by atoms with van der Waals surface area (Å²) in [5, 5.41) is 4.46. The number of hydrogen-bond acceptors (Lipinski definition) is 5. The van der Waals surface area contributed by atoms with Crippen molar-refractivity contribution in [1.82, 2.24) is 15.0 Å². The number of anilines is 1. The minimum atomic E-state index is -0.733. The lowest BCUT2D eigenvalue weighted by atomic mass is 10.2. The number of carbonyl (C=O) groups excluding carboxylic acids is 1. The fourth-order valence-electron chi connectivity index (χ4n) is 2.61. The molecule has 0 saturated carbocycles. The molecule has 1 N–H and O–H groups in total. The number of benzene rings is 2. The first-order chi connectivity index (χ1) is 13.0. The number of nitrogens with zero attached hydrogens (tertiary/aromatic N) is 4. The molecule has 1 atom stereocenters. The van der Waals surface area contributed by atoms with Crippen LogP contribution in [0.4, 0.5) is 5.69 Å². The lowest BCUT2D eigenvalue weighted by Crippen LogP contribution is -2.33. The van der Waals surface area contributed by atoms with Crippen molar-refractivity contribution in [2.45, 2.75) is 13.0 Å². The Bertz CT molecular complexity index is 1040. The van der Waals surface area contributed by atoms with E-state index in [1.165, 1.54) is 10.9 Å². The van der Waals surface area contributed by atoms with Crippen LogP contribution < -0.4 is 15.9 Å². The van der Waals surface area contributed by atoms with Gasteiger partial charge in [0.1, 0.15) is 6.04 Å². The molecule has 0 aliphatic heterocycles. The Morgan fingerprint density at radius 2 is 1.89 bits per heavy atom. The molecule has 1 amide bonds. The quantitative estimate of drug-likeness (QED) is 0.557. The number of hydrogen-bond donors (Lipinski definition) is 1. The Morgan fingerprint density at radius 1 is 1.19 bits per heavy atom. The van der Waals surface area contributed by atoms with Crippen LogP contribution in [-0.4, -0.2) is 35.8 Å². The highest BCUT2D eigenvalue weighted by Crippen LogP contribution is 2.11. The summed E-state index contributed by atoms with van der Waals surface area (Å²) < 4.78 is 1.30. The number of amides is 1. The van der Waals surface area contributed by atoms with E-state index in [1.54, 1.807) is 31.3 Å². The van der Waals surface area contributed by atoms with Gasteiger partial charge in [0, 0.05) is 19.8 Å². The zero-order valence-electron chi connectivity index (χ0n) is 15.5. The van der Waals surface area contributed by atoms with E-state index in [4.69, 9.17) is 0 Å². The van der Waals surface area contributed by atoms with E-state index in [9.17, 15) is 9.59 Å². The van der Waals surface area contributed by atoms with Crippen molar-refractivity contribution < 1.29 is 4.79 Å². The first kappa shape index (κ1) is 18.3. The first-order valence-corrected chi connectivity index (χ1v) is 8.53. The normalized spacial score (nSPS) is 12.3. The van der Waals surface area contributed by atoms with E-state index in [0.717, 1.165) is 11.3 Å². The van der Waals surface area contributed by atoms with Gasteiger partial charge >= 0.3 is 0 Å². The summed E-state index contributed by atoms with van der Waals surface area (Å²) in [4.78, 5) is 31.1. The van der Waals surface area contributed by atoms with Gasteiger partial charge in [-0.3, -0.25) is 14.2 Å². The third kappa shape index (κ3) is 4.03. The van der Waals surface area contributed by atoms with Crippen molar-refractivity contribution in [2.75, 3.05) is 19.0 Å².